The zero-order chi connectivity index (χ0) is 14.5. The van der Waals surface area contributed by atoms with E-state index in [0.717, 1.165) is 50.9 Å². The Morgan fingerprint density at radius 3 is 2.40 bits per heavy atom. The Morgan fingerprint density at radius 1 is 1.20 bits per heavy atom. The largest absolute Gasteiger partial charge is 0.357 e. The Bertz CT molecular complexity index is 453. The van der Waals surface area contributed by atoms with Crippen molar-refractivity contribution in [1.82, 2.24) is 14.9 Å². The summed E-state index contributed by atoms with van der Waals surface area (Å²) in [6.07, 6.45) is 1.63. The van der Waals surface area contributed by atoms with Crippen LogP contribution in [0.2, 0.25) is 0 Å². The minimum absolute atomic E-state index is 0.149. The molecule has 0 aromatic carbocycles. The first-order chi connectivity index (χ1) is 9.65. The molecule has 1 aliphatic heterocycles. The van der Waals surface area contributed by atoms with Crippen LogP contribution in [0.15, 0.2) is 12.4 Å². The van der Waals surface area contributed by atoms with Crippen molar-refractivity contribution in [2.24, 2.45) is 0 Å². The van der Waals surface area contributed by atoms with Gasteiger partial charge >= 0.3 is 0 Å². The molecule has 1 aromatic rings. The normalized spacial score (nSPS) is 15.3. The van der Waals surface area contributed by atoms with E-state index in [2.05, 4.69) is 33.6 Å². The molecular weight excluding hydrogens is 254 g/mol. The number of hydrogen-bond donors (Lipinski definition) is 0. The van der Waals surface area contributed by atoms with Crippen molar-refractivity contribution in [1.29, 1.82) is 0 Å². The highest BCUT2D eigenvalue weighted by molar-refractivity contribution is 5.73. The summed E-state index contributed by atoms with van der Waals surface area (Å²) < 4.78 is 0. The number of carbonyl (C=O) groups is 1. The minimum Gasteiger partial charge on any atom is -0.357 e. The minimum atomic E-state index is 0.149. The van der Waals surface area contributed by atoms with E-state index in [4.69, 9.17) is 0 Å². The van der Waals surface area contributed by atoms with Gasteiger partial charge in [0.05, 0.1) is 0 Å². The zero-order valence-corrected chi connectivity index (χ0v) is 12.5. The van der Waals surface area contributed by atoms with Gasteiger partial charge in [-0.2, -0.15) is 0 Å². The van der Waals surface area contributed by atoms with Crippen LogP contribution in [-0.4, -0.2) is 60.0 Å². The summed E-state index contributed by atoms with van der Waals surface area (Å²) in [4.78, 5) is 26.3. The molecule has 6 nitrogen and oxygen atoms in total. The number of carbonyl (C=O) groups excluding carboxylic acids is 1. The summed E-state index contributed by atoms with van der Waals surface area (Å²) >= 11 is 0. The molecule has 0 spiro atoms. The highest BCUT2D eigenvalue weighted by atomic mass is 16.2. The van der Waals surface area contributed by atoms with E-state index in [0.29, 0.717) is 0 Å². The lowest BCUT2D eigenvalue weighted by molar-refractivity contribution is -0.129. The van der Waals surface area contributed by atoms with Crippen molar-refractivity contribution in [2.45, 2.75) is 20.8 Å². The second kappa shape index (κ2) is 6.54. The van der Waals surface area contributed by atoms with Gasteiger partial charge in [-0.1, -0.05) is 0 Å². The van der Waals surface area contributed by atoms with Gasteiger partial charge in [-0.15, -0.1) is 0 Å². The number of rotatable bonds is 4. The molecule has 1 aromatic heterocycles. The Labute approximate surface area is 120 Å². The standard InChI is InChI=1S/C14H23N5O/c1-4-17(5-2)13-10-14(16-11-15-13)19-8-6-18(7-9-19)12(3)20/h10-11H,4-9H2,1-3H3. The van der Waals surface area contributed by atoms with Crippen LogP contribution in [0.25, 0.3) is 0 Å². The molecule has 6 heteroatoms. The van der Waals surface area contributed by atoms with Gasteiger partial charge in [0.15, 0.2) is 0 Å². The van der Waals surface area contributed by atoms with Gasteiger partial charge in [0.25, 0.3) is 0 Å². The molecule has 1 amide bonds. The molecule has 1 saturated heterocycles. The molecule has 1 fully saturated rings. The van der Waals surface area contributed by atoms with Crippen LogP contribution in [0, 0.1) is 0 Å². The summed E-state index contributed by atoms with van der Waals surface area (Å²) in [5.41, 5.74) is 0. The Kier molecular flexibility index (Phi) is 4.76. The van der Waals surface area contributed by atoms with E-state index in [1.165, 1.54) is 0 Å². The first kappa shape index (κ1) is 14.6. The average Bonchev–Trinajstić information content (AvgIpc) is 2.49. The summed E-state index contributed by atoms with van der Waals surface area (Å²) in [6, 6.07) is 2.04. The van der Waals surface area contributed by atoms with Crippen molar-refractivity contribution in [3.8, 4) is 0 Å². The molecule has 1 aliphatic rings. The highest BCUT2D eigenvalue weighted by Crippen LogP contribution is 2.18. The molecule has 0 radical (unpaired) electrons. The topological polar surface area (TPSA) is 52.6 Å². The summed E-state index contributed by atoms with van der Waals surface area (Å²) in [5, 5.41) is 0. The Morgan fingerprint density at radius 2 is 1.85 bits per heavy atom. The first-order valence-corrected chi connectivity index (χ1v) is 7.23. The number of anilines is 2. The smallest absolute Gasteiger partial charge is 0.219 e. The number of nitrogens with zero attached hydrogens (tertiary/aromatic N) is 5. The molecule has 0 aliphatic carbocycles. The molecule has 0 saturated carbocycles. The highest BCUT2D eigenvalue weighted by Gasteiger charge is 2.20. The van der Waals surface area contributed by atoms with E-state index in [1.54, 1.807) is 13.3 Å². The lowest BCUT2D eigenvalue weighted by atomic mass is 10.3. The van der Waals surface area contributed by atoms with Crippen LogP contribution in [0.5, 0.6) is 0 Å². The third-order valence-electron chi connectivity index (χ3n) is 3.77. The van der Waals surface area contributed by atoms with Gasteiger partial charge < -0.3 is 14.7 Å². The monoisotopic (exact) mass is 277 g/mol. The van der Waals surface area contributed by atoms with Crippen LogP contribution < -0.4 is 9.80 Å². The molecule has 110 valence electrons. The van der Waals surface area contributed by atoms with Crippen molar-refractivity contribution >= 4 is 17.5 Å². The first-order valence-electron chi connectivity index (χ1n) is 7.23. The van der Waals surface area contributed by atoms with E-state index in [9.17, 15) is 4.79 Å². The fourth-order valence-electron chi connectivity index (χ4n) is 2.48. The molecule has 0 unspecified atom stereocenters. The lowest BCUT2D eigenvalue weighted by Gasteiger charge is -2.35. The van der Waals surface area contributed by atoms with E-state index in [-0.39, 0.29) is 5.91 Å². The molecule has 2 rings (SSSR count). The van der Waals surface area contributed by atoms with E-state index in [1.807, 2.05) is 11.0 Å². The fourth-order valence-corrected chi connectivity index (χ4v) is 2.48. The summed E-state index contributed by atoms with van der Waals surface area (Å²) in [6.45, 7) is 10.9. The van der Waals surface area contributed by atoms with Gasteiger partial charge in [-0.05, 0) is 13.8 Å². The zero-order valence-electron chi connectivity index (χ0n) is 12.5. The number of aromatic nitrogens is 2. The third kappa shape index (κ3) is 3.18. The third-order valence-corrected chi connectivity index (χ3v) is 3.77. The number of amides is 1. The predicted molar refractivity (Wildman–Crippen MR) is 80.1 cm³/mol. The SMILES string of the molecule is CCN(CC)c1cc(N2CCN(C(C)=O)CC2)ncn1. The second-order valence-corrected chi connectivity index (χ2v) is 4.90. The lowest BCUT2D eigenvalue weighted by Crippen LogP contribution is -2.48. The average molecular weight is 277 g/mol. The maximum Gasteiger partial charge on any atom is 0.219 e. The van der Waals surface area contributed by atoms with Crippen LogP contribution >= 0.6 is 0 Å². The van der Waals surface area contributed by atoms with Gasteiger partial charge in [0.1, 0.15) is 18.0 Å². The van der Waals surface area contributed by atoms with Crippen LogP contribution in [-0.2, 0) is 4.79 Å². The summed E-state index contributed by atoms with van der Waals surface area (Å²) in [7, 11) is 0. The van der Waals surface area contributed by atoms with Gasteiger partial charge in [0, 0.05) is 52.3 Å². The van der Waals surface area contributed by atoms with Crippen molar-refractivity contribution in [3.05, 3.63) is 12.4 Å². The number of piperazine rings is 1. The molecule has 0 atom stereocenters. The van der Waals surface area contributed by atoms with Gasteiger partial charge in [-0.25, -0.2) is 9.97 Å². The summed E-state index contributed by atoms with van der Waals surface area (Å²) in [5.74, 6) is 2.07. The molecular formula is C14H23N5O. The van der Waals surface area contributed by atoms with E-state index >= 15 is 0 Å². The Hall–Kier alpha value is -1.85. The van der Waals surface area contributed by atoms with E-state index < -0.39 is 0 Å². The maximum absolute atomic E-state index is 11.3. The molecule has 2 heterocycles. The van der Waals surface area contributed by atoms with Gasteiger partial charge in [-0.3, -0.25) is 4.79 Å². The van der Waals surface area contributed by atoms with Crippen molar-refractivity contribution < 1.29 is 4.79 Å². The molecule has 0 bridgehead atoms. The van der Waals surface area contributed by atoms with Crippen molar-refractivity contribution in [3.63, 3.8) is 0 Å². The quantitative estimate of drug-likeness (QED) is 0.821. The molecule has 20 heavy (non-hydrogen) atoms. The van der Waals surface area contributed by atoms with Crippen LogP contribution in [0.3, 0.4) is 0 Å². The molecule has 0 N–H and O–H groups in total. The Balaban J connectivity index is 2.07. The fraction of sp³-hybridized carbons (Fsp3) is 0.643. The predicted octanol–water partition coefficient (Wildman–Crippen LogP) is 0.991. The van der Waals surface area contributed by atoms with Crippen molar-refractivity contribution in [2.75, 3.05) is 49.1 Å². The van der Waals surface area contributed by atoms with Crippen LogP contribution in [0.1, 0.15) is 20.8 Å². The maximum atomic E-state index is 11.3. The second-order valence-electron chi connectivity index (χ2n) is 4.90. The number of hydrogen-bond acceptors (Lipinski definition) is 5. The van der Waals surface area contributed by atoms with Gasteiger partial charge in [0.2, 0.25) is 5.91 Å². The van der Waals surface area contributed by atoms with Crippen LogP contribution in [0.4, 0.5) is 11.6 Å².